The molecular weight excluding hydrogens is 234 g/mol. The lowest BCUT2D eigenvalue weighted by Crippen LogP contribution is -2.37. The van der Waals surface area contributed by atoms with Gasteiger partial charge >= 0.3 is 5.69 Å². The summed E-state index contributed by atoms with van der Waals surface area (Å²) in [6, 6.07) is 1.47. The summed E-state index contributed by atoms with van der Waals surface area (Å²) >= 11 is 0. The maximum atomic E-state index is 11.8. The summed E-state index contributed by atoms with van der Waals surface area (Å²) < 4.78 is 0. The second-order valence-electron chi connectivity index (χ2n) is 4.69. The molecule has 0 radical (unpaired) electrons. The van der Waals surface area contributed by atoms with Gasteiger partial charge in [0.15, 0.2) is 0 Å². The van der Waals surface area contributed by atoms with Crippen LogP contribution in [0.25, 0.3) is 0 Å². The van der Waals surface area contributed by atoms with Crippen LogP contribution in [-0.4, -0.2) is 21.9 Å². The summed E-state index contributed by atoms with van der Waals surface area (Å²) in [5.74, 6) is -0.150. The number of aromatic nitrogens is 2. The van der Waals surface area contributed by atoms with Gasteiger partial charge in [0.05, 0.1) is 6.42 Å². The molecule has 0 bridgehead atoms. The van der Waals surface area contributed by atoms with Crippen molar-refractivity contribution in [3.8, 4) is 0 Å². The first kappa shape index (κ1) is 12.6. The number of H-pyrrole nitrogens is 2. The molecule has 1 amide bonds. The number of aromatic amines is 2. The lowest BCUT2D eigenvalue weighted by Gasteiger charge is -2.22. The summed E-state index contributed by atoms with van der Waals surface area (Å²) in [5, 5.41) is 2.93. The van der Waals surface area contributed by atoms with Crippen molar-refractivity contribution < 1.29 is 4.79 Å². The second kappa shape index (κ2) is 5.66. The Labute approximate surface area is 104 Å². The molecule has 1 aromatic rings. The van der Waals surface area contributed by atoms with Gasteiger partial charge in [0.2, 0.25) is 5.91 Å². The summed E-state index contributed by atoms with van der Waals surface area (Å²) in [7, 11) is 0. The van der Waals surface area contributed by atoms with Crippen molar-refractivity contribution in [3.63, 3.8) is 0 Å². The molecule has 6 heteroatoms. The molecule has 98 valence electrons. The summed E-state index contributed by atoms with van der Waals surface area (Å²) in [4.78, 5) is 38.4. The first-order valence-corrected chi connectivity index (χ1v) is 6.25. The fraction of sp³-hybridized carbons (Fsp3) is 0.583. The van der Waals surface area contributed by atoms with E-state index in [9.17, 15) is 14.4 Å². The van der Waals surface area contributed by atoms with E-state index < -0.39 is 11.2 Å². The highest BCUT2D eigenvalue weighted by Gasteiger charge is 2.15. The van der Waals surface area contributed by atoms with Crippen molar-refractivity contribution in [1.82, 2.24) is 15.3 Å². The van der Waals surface area contributed by atoms with Crippen LogP contribution in [-0.2, 0) is 11.2 Å². The monoisotopic (exact) mass is 251 g/mol. The fourth-order valence-electron chi connectivity index (χ4n) is 2.31. The van der Waals surface area contributed by atoms with Crippen LogP contribution < -0.4 is 16.6 Å². The van der Waals surface area contributed by atoms with Crippen molar-refractivity contribution in [2.75, 3.05) is 0 Å². The Morgan fingerprint density at radius 1 is 1.22 bits per heavy atom. The largest absolute Gasteiger partial charge is 0.353 e. The van der Waals surface area contributed by atoms with Crippen LogP contribution in [0.1, 0.15) is 37.8 Å². The number of amides is 1. The van der Waals surface area contributed by atoms with Crippen LogP contribution in [0.15, 0.2) is 15.7 Å². The van der Waals surface area contributed by atoms with E-state index in [0.29, 0.717) is 5.69 Å². The standard InChI is InChI=1S/C12H17N3O3/c16-10(13-8-4-2-1-3-5-8)6-9-7-11(17)15-12(18)14-9/h7-8H,1-6H2,(H,13,16)(H2,14,15,17,18). The first-order chi connectivity index (χ1) is 8.63. The number of nitrogens with one attached hydrogen (secondary N) is 3. The van der Waals surface area contributed by atoms with E-state index in [2.05, 4.69) is 15.3 Å². The van der Waals surface area contributed by atoms with E-state index in [4.69, 9.17) is 0 Å². The normalized spacial score (nSPS) is 16.4. The molecule has 3 N–H and O–H groups in total. The van der Waals surface area contributed by atoms with Crippen LogP contribution >= 0.6 is 0 Å². The van der Waals surface area contributed by atoms with Gasteiger partial charge in [-0.25, -0.2) is 4.79 Å². The Hall–Kier alpha value is -1.85. The molecule has 0 spiro atoms. The van der Waals surface area contributed by atoms with E-state index in [1.54, 1.807) is 0 Å². The molecular formula is C12H17N3O3. The van der Waals surface area contributed by atoms with Crippen molar-refractivity contribution in [3.05, 3.63) is 32.6 Å². The van der Waals surface area contributed by atoms with Gasteiger partial charge in [0, 0.05) is 17.8 Å². The van der Waals surface area contributed by atoms with E-state index in [1.165, 1.54) is 12.5 Å². The molecule has 0 unspecified atom stereocenters. The van der Waals surface area contributed by atoms with E-state index in [0.717, 1.165) is 25.7 Å². The summed E-state index contributed by atoms with van der Waals surface area (Å²) in [5.41, 5.74) is -0.723. The zero-order chi connectivity index (χ0) is 13.0. The van der Waals surface area contributed by atoms with Gasteiger partial charge in [-0.3, -0.25) is 14.6 Å². The molecule has 2 rings (SSSR count). The van der Waals surface area contributed by atoms with Crippen molar-refractivity contribution >= 4 is 5.91 Å². The maximum Gasteiger partial charge on any atom is 0.325 e. The lowest BCUT2D eigenvalue weighted by atomic mass is 9.95. The molecule has 1 fully saturated rings. The summed E-state index contributed by atoms with van der Waals surface area (Å²) in [6.07, 6.45) is 5.58. The third-order valence-electron chi connectivity index (χ3n) is 3.14. The highest BCUT2D eigenvalue weighted by molar-refractivity contribution is 5.78. The molecule has 6 nitrogen and oxygen atoms in total. The molecule has 0 aromatic carbocycles. The van der Waals surface area contributed by atoms with E-state index in [1.807, 2.05) is 0 Å². The van der Waals surface area contributed by atoms with Gasteiger partial charge in [-0.05, 0) is 12.8 Å². The SMILES string of the molecule is O=C(Cc1cc(=O)[nH]c(=O)[nH]1)NC1CCCCC1. The number of carbonyl (C=O) groups is 1. The third-order valence-corrected chi connectivity index (χ3v) is 3.14. The Bertz CT molecular complexity index is 498. The highest BCUT2D eigenvalue weighted by Crippen LogP contribution is 2.17. The average molecular weight is 251 g/mol. The van der Waals surface area contributed by atoms with Crippen molar-refractivity contribution in [2.45, 2.75) is 44.6 Å². The predicted octanol–water partition coefficient (Wildman–Crippen LogP) is 0.0546. The number of carbonyl (C=O) groups excluding carboxylic acids is 1. The minimum Gasteiger partial charge on any atom is -0.353 e. The smallest absolute Gasteiger partial charge is 0.325 e. The van der Waals surface area contributed by atoms with Crippen molar-refractivity contribution in [1.29, 1.82) is 0 Å². The van der Waals surface area contributed by atoms with Crippen molar-refractivity contribution in [2.24, 2.45) is 0 Å². The van der Waals surface area contributed by atoms with Crippen LogP contribution in [0, 0.1) is 0 Å². The highest BCUT2D eigenvalue weighted by atomic mass is 16.2. The second-order valence-corrected chi connectivity index (χ2v) is 4.69. The summed E-state index contributed by atoms with van der Waals surface area (Å²) in [6.45, 7) is 0. The zero-order valence-electron chi connectivity index (χ0n) is 10.1. The van der Waals surface area contributed by atoms with E-state index >= 15 is 0 Å². The van der Waals surface area contributed by atoms with Crippen LogP contribution in [0.4, 0.5) is 0 Å². The lowest BCUT2D eigenvalue weighted by molar-refractivity contribution is -0.121. The molecule has 1 aliphatic rings. The van der Waals surface area contributed by atoms with Crippen LogP contribution in [0.3, 0.4) is 0 Å². The maximum absolute atomic E-state index is 11.8. The molecule has 1 aliphatic carbocycles. The Balaban J connectivity index is 1.94. The van der Waals surface area contributed by atoms with E-state index in [-0.39, 0.29) is 18.4 Å². The molecule has 1 heterocycles. The number of hydrogen-bond donors (Lipinski definition) is 3. The van der Waals surface area contributed by atoms with Gasteiger partial charge in [-0.1, -0.05) is 19.3 Å². The minimum absolute atomic E-state index is 0.0374. The van der Waals surface area contributed by atoms with Crippen LogP contribution in [0.2, 0.25) is 0 Å². The molecule has 18 heavy (non-hydrogen) atoms. The number of rotatable bonds is 3. The van der Waals surface area contributed by atoms with Crippen LogP contribution in [0.5, 0.6) is 0 Å². The Morgan fingerprint density at radius 2 is 1.94 bits per heavy atom. The van der Waals surface area contributed by atoms with Gasteiger partial charge in [0.25, 0.3) is 5.56 Å². The third kappa shape index (κ3) is 3.58. The predicted molar refractivity (Wildman–Crippen MR) is 66.4 cm³/mol. The quantitative estimate of drug-likeness (QED) is 0.708. The first-order valence-electron chi connectivity index (χ1n) is 6.25. The average Bonchev–Trinajstić information content (AvgIpc) is 2.28. The van der Waals surface area contributed by atoms with Gasteiger partial charge < -0.3 is 10.3 Å². The minimum atomic E-state index is -0.581. The molecule has 0 aliphatic heterocycles. The van der Waals surface area contributed by atoms with Gasteiger partial charge in [-0.2, -0.15) is 0 Å². The molecule has 0 saturated heterocycles. The number of hydrogen-bond acceptors (Lipinski definition) is 3. The fourth-order valence-corrected chi connectivity index (χ4v) is 2.31. The topological polar surface area (TPSA) is 94.8 Å². The van der Waals surface area contributed by atoms with Gasteiger partial charge in [-0.15, -0.1) is 0 Å². The molecule has 1 aromatic heterocycles. The molecule has 0 atom stereocenters. The molecule has 1 saturated carbocycles. The Kier molecular flexibility index (Phi) is 3.96. The zero-order valence-corrected chi connectivity index (χ0v) is 10.1. The Morgan fingerprint density at radius 3 is 2.61 bits per heavy atom. The van der Waals surface area contributed by atoms with Gasteiger partial charge in [0.1, 0.15) is 0 Å².